The number of likely N-dealkylation sites (N-methyl/N-ethyl adjacent to an activating group) is 1. The summed E-state index contributed by atoms with van der Waals surface area (Å²) in [5.74, 6) is 0. The van der Waals surface area contributed by atoms with Crippen molar-refractivity contribution in [2.45, 2.75) is 58.5 Å². The molecule has 0 aromatic carbocycles. The van der Waals surface area contributed by atoms with Gasteiger partial charge in [-0.05, 0) is 78.2 Å². The van der Waals surface area contributed by atoms with Crippen LogP contribution in [0.5, 0.6) is 0 Å². The minimum atomic E-state index is 0.233. The number of hydrogen-bond donors (Lipinski definition) is 1. The van der Waals surface area contributed by atoms with E-state index < -0.39 is 0 Å². The molecule has 0 radical (unpaired) electrons. The maximum absolute atomic E-state index is 4.06. The van der Waals surface area contributed by atoms with Crippen molar-refractivity contribution in [3.05, 3.63) is 30.1 Å². The summed E-state index contributed by atoms with van der Waals surface area (Å²) >= 11 is 0. The first-order valence-corrected chi connectivity index (χ1v) is 7.72. The zero-order valence-corrected chi connectivity index (χ0v) is 13.8. The molecular formula is C17H31N3. The first-order chi connectivity index (χ1) is 9.38. The predicted octanol–water partition coefficient (Wildman–Crippen LogP) is 3.11. The number of rotatable bonds is 8. The number of nitrogens with zero attached hydrogens (tertiary/aromatic N) is 2. The van der Waals surface area contributed by atoms with E-state index in [4.69, 9.17) is 0 Å². The molecule has 1 aromatic rings. The minimum absolute atomic E-state index is 0.233. The Balaban J connectivity index is 2.17. The van der Waals surface area contributed by atoms with E-state index in [-0.39, 0.29) is 5.54 Å². The summed E-state index contributed by atoms with van der Waals surface area (Å²) < 4.78 is 0. The Labute approximate surface area is 124 Å². The minimum Gasteiger partial charge on any atom is -0.312 e. The van der Waals surface area contributed by atoms with Gasteiger partial charge in [0.15, 0.2) is 0 Å². The van der Waals surface area contributed by atoms with Crippen molar-refractivity contribution in [3.63, 3.8) is 0 Å². The van der Waals surface area contributed by atoms with E-state index >= 15 is 0 Å². The van der Waals surface area contributed by atoms with Crippen molar-refractivity contribution in [2.24, 2.45) is 0 Å². The van der Waals surface area contributed by atoms with Crippen LogP contribution in [0, 0.1) is 0 Å². The number of hydrogen-bond acceptors (Lipinski definition) is 3. The summed E-state index contributed by atoms with van der Waals surface area (Å²) in [6, 6.07) is 4.84. The SMILES string of the molecule is CC(CCCNC(C)(C)C)N(C)CCc1ccncc1. The van der Waals surface area contributed by atoms with E-state index in [1.54, 1.807) is 0 Å². The highest BCUT2D eigenvalue weighted by Crippen LogP contribution is 2.07. The molecule has 0 bridgehead atoms. The zero-order valence-electron chi connectivity index (χ0n) is 13.8. The lowest BCUT2D eigenvalue weighted by Crippen LogP contribution is -2.37. The molecule has 0 aliphatic carbocycles. The third-order valence-electron chi connectivity index (χ3n) is 3.71. The topological polar surface area (TPSA) is 28.2 Å². The normalized spacial score (nSPS) is 13.7. The smallest absolute Gasteiger partial charge is 0.0270 e. The van der Waals surface area contributed by atoms with Crippen molar-refractivity contribution in [1.82, 2.24) is 15.2 Å². The molecule has 1 rings (SSSR count). The highest BCUT2D eigenvalue weighted by molar-refractivity contribution is 5.09. The Morgan fingerprint density at radius 1 is 1.25 bits per heavy atom. The Bertz CT molecular complexity index is 356. The highest BCUT2D eigenvalue weighted by atomic mass is 15.1. The van der Waals surface area contributed by atoms with Crippen LogP contribution in [0.2, 0.25) is 0 Å². The van der Waals surface area contributed by atoms with E-state index in [1.165, 1.54) is 18.4 Å². The lowest BCUT2D eigenvalue weighted by atomic mass is 10.1. The lowest BCUT2D eigenvalue weighted by Gasteiger charge is -2.26. The largest absolute Gasteiger partial charge is 0.312 e. The van der Waals surface area contributed by atoms with Crippen LogP contribution in [0.15, 0.2) is 24.5 Å². The van der Waals surface area contributed by atoms with E-state index in [2.05, 4.69) is 62.1 Å². The van der Waals surface area contributed by atoms with Gasteiger partial charge in [-0.3, -0.25) is 4.98 Å². The van der Waals surface area contributed by atoms with E-state index in [1.807, 2.05) is 12.4 Å². The van der Waals surface area contributed by atoms with Gasteiger partial charge in [-0.1, -0.05) is 0 Å². The summed E-state index contributed by atoms with van der Waals surface area (Å²) in [5, 5.41) is 3.55. The zero-order chi connectivity index (χ0) is 15.0. The van der Waals surface area contributed by atoms with Gasteiger partial charge in [0.1, 0.15) is 0 Å². The van der Waals surface area contributed by atoms with Crippen LogP contribution in [0.1, 0.15) is 46.1 Å². The Hall–Kier alpha value is -0.930. The van der Waals surface area contributed by atoms with Gasteiger partial charge >= 0.3 is 0 Å². The van der Waals surface area contributed by atoms with E-state index in [0.29, 0.717) is 6.04 Å². The third-order valence-corrected chi connectivity index (χ3v) is 3.71. The molecule has 0 fully saturated rings. The summed E-state index contributed by atoms with van der Waals surface area (Å²) in [7, 11) is 2.23. The van der Waals surface area contributed by atoms with Crippen molar-refractivity contribution in [3.8, 4) is 0 Å². The van der Waals surface area contributed by atoms with Gasteiger partial charge in [-0.2, -0.15) is 0 Å². The molecular weight excluding hydrogens is 246 g/mol. The van der Waals surface area contributed by atoms with Gasteiger partial charge < -0.3 is 10.2 Å². The monoisotopic (exact) mass is 277 g/mol. The number of nitrogens with one attached hydrogen (secondary N) is 1. The molecule has 3 heteroatoms. The summed E-state index contributed by atoms with van der Waals surface area (Å²) in [5.41, 5.74) is 1.60. The molecule has 0 saturated carbocycles. The summed E-state index contributed by atoms with van der Waals surface area (Å²) in [6.45, 7) is 11.2. The molecule has 1 heterocycles. The summed E-state index contributed by atoms with van der Waals surface area (Å²) in [6.07, 6.45) is 7.32. The van der Waals surface area contributed by atoms with Crippen LogP contribution in [0.4, 0.5) is 0 Å². The van der Waals surface area contributed by atoms with Crippen molar-refractivity contribution >= 4 is 0 Å². The van der Waals surface area contributed by atoms with Crippen LogP contribution >= 0.6 is 0 Å². The van der Waals surface area contributed by atoms with Gasteiger partial charge in [0.25, 0.3) is 0 Å². The van der Waals surface area contributed by atoms with Crippen molar-refractivity contribution in [2.75, 3.05) is 20.1 Å². The van der Waals surface area contributed by atoms with Crippen molar-refractivity contribution < 1.29 is 0 Å². The number of aromatic nitrogens is 1. The first-order valence-electron chi connectivity index (χ1n) is 7.72. The van der Waals surface area contributed by atoms with E-state index in [0.717, 1.165) is 19.5 Å². The van der Waals surface area contributed by atoms with Gasteiger partial charge in [-0.25, -0.2) is 0 Å². The Morgan fingerprint density at radius 3 is 2.50 bits per heavy atom. The quantitative estimate of drug-likeness (QED) is 0.740. The Kier molecular flexibility index (Phi) is 7.17. The fourth-order valence-corrected chi connectivity index (χ4v) is 2.16. The molecule has 0 aliphatic rings. The summed E-state index contributed by atoms with van der Waals surface area (Å²) in [4.78, 5) is 6.51. The van der Waals surface area contributed by atoms with Crippen molar-refractivity contribution in [1.29, 1.82) is 0 Å². The average molecular weight is 277 g/mol. The second kappa shape index (κ2) is 8.38. The molecule has 0 aliphatic heterocycles. The second-order valence-electron chi connectivity index (χ2n) is 6.75. The highest BCUT2D eigenvalue weighted by Gasteiger charge is 2.11. The molecule has 1 unspecified atom stereocenters. The third kappa shape index (κ3) is 7.61. The molecule has 1 atom stereocenters. The van der Waals surface area contributed by atoms with Crippen LogP contribution in [0.25, 0.3) is 0 Å². The van der Waals surface area contributed by atoms with Crippen LogP contribution in [-0.2, 0) is 6.42 Å². The molecule has 0 spiro atoms. The maximum atomic E-state index is 4.06. The fraction of sp³-hybridized carbons (Fsp3) is 0.706. The molecule has 114 valence electrons. The molecule has 1 aromatic heterocycles. The van der Waals surface area contributed by atoms with Gasteiger partial charge in [0.2, 0.25) is 0 Å². The maximum Gasteiger partial charge on any atom is 0.0270 e. The number of pyridine rings is 1. The molecule has 20 heavy (non-hydrogen) atoms. The predicted molar refractivity (Wildman–Crippen MR) is 87.0 cm³/mol. The van der Waals surface area contributed by atoms with Gasteiger partial charge in [-0.15, -0.1) is 0 Å². The Morgan fingerprint density at radius 2 is 1.90 bits per heavy atom. The molecule has 1 N–H and O–H groups in total. The van der Waals surface area contributed by atoms with Gasteiger partial charge in [0.05, 0.1) is 0 Å². The van der Waals surface area contributed by atoms with Crippen LogP contribution in [-0.4, -0.2) is 41.6 Å². The molecule has 3 nitrogen and oxygen atoms in total. The molecule has 0 saturated heterocycles. The van der Waals surface area contributed by atoms with Crippen LogP contribution < -0.4 is 5.32 Å². The average Bonchev–Trinajstić information content (AvgIpc) is 2.40. The molecule has 0 amide bonds. The lowest BCUT2D eigenvalue weighted by molar-refractivity contribution is 0.243. The fourth-order valence-electron chi connectivity index (χ4n) is 2.16. The van der Waals surface area contributed by atoms with Gasteiger partial charge in [0, 0.05) is 30.5 Å². The van der Waals surface area contributed by atoms with Crippen LogP contribution in [0.3, 0.4) is 0 Å². The second-order valence-corrected chi connectivity index (χ2v) is 6.75. The standard InChI is InChI=1S/C17H31N3/c1-15(7-6-11-19-17(2,3)4)20(5)14-10-16-8-12-18-13-9-16/h8-9,12-13,15,19H,6-7,10-11,14H2,1-5H3. The first kappa shape index (κ1) is 17.1. The van der Waals surface area contributed by atoms with E-state index in [9.17, 15) is 0 Å².